The van der Waals surface area contributed by atoms with Crippen molar-refractivity contribution in [1.82, 2.24) is 20.1 Å². The molecule has 1 aliphatic rings. The first kappa shape index (κ1) is 15.2. The number of H-pyrrole nitrogens is 1. The average molecular weight is 320 g/mol. The number of nitrogens with one attached hydrogen (secondary N) is 1. The van der Waals surface area contributed by atoms with Gasteiger partial charge in [-0.3, -0.25) is 9.89 Å². The fraction of sp³-hybridized carbons (Fsp3) is 0.533. The third-order valence-electron chi connectivity index (χ3n) is 3.89. The lowest BCUT2D eigenvalue weighted by atomic mass is 10.1. The number of ether oxygens (including phenoxy) is 1. The summed E-state index contributed by atoms with van der Waals surface area (Å²) in [7, 11) is 0. The second-order valence-electron chi connectivity index (χ2n) is 5.33. The third kappa shape index (κ3) is 2.91. The van der Waals surface area contributed by atoms with E-state index in [1.54, 1.807) is 12.4 Å². The molecule has 2 aromatic heterocycles. The van der Waals surface area contributed by atoms with Crippen molar-refractivity contribution in [2.24, 2.45) is 0 Å². The highest BCUT2D eigenvalue weighted by Gasteiger charge is 2.32. The van der Waals surface area contributed by atoms with Crippen LogP contribution in [0, 0.1) is 0 Å². The van der Waals surface area contributed by atoms with Gasteiger partial charge in [0.2, 0.25) is 0 Å². The molecule has 1 fully saturated rings. The second kappa shape index (κ2) is 6.58. The zero-order valence-electron chi connectivity index (χ0n) is 12.8. The number of amides is 1. The predicted octanol–water partition coefficient (Wildman–Crippen LogP) is 2.94. The van der Waals surface area contributed by atoms with Gasteiger partial charge in [-0.25, -0.2) is 4.98 Å². The molecule has 2 unspecified atom stereocenters. The van der Waals surface area contributed by atoms with Crippen LogP contribution in [0.3, 0.4) is 0 Å². The van der Waals surface area contributed by atoms with Gasteiger partial charge in [-0.15, -0.1) is 11.3 Å². The first-order valence-electron chi connectivity index (χ1n) is 7.58. The lowest BCUT2D eigenvalue weighted by Gasteiger charge is -2.22. The largest absolute Gasteiger partial charge is 0.372 e. The molecule has 1 amide bonds. The van der Waals surface area contributed by atoms with Crippen molar-refractivity contribution >= 4 is 17.2 Å². The Morgan fingerprint density at radius 3 is 3.23 bits per heavy atom. The Morgan fingerprint density at radius 2 is 2.50 bits per heavy atom. The van der Waals surface area contributed by atoms with Crippen LogP contribution in [0.25, 0.3) is 0 Å². The highest BCUT2D eigenvalue weighted by Crippen LogP contribution is 2.33. The topological polar surface area (TPSA) is 71.1 Å². The minimum absolute atomic E-state index is 0.0459. The second-order valence-corrected chi connectivity index (χ2v) is 6.39. The molecule has 1 aliphatic heterocycles. The summed E-state index contributed by atoms with van der Waals surface area (Å²) in [5.41, 5.74) is 0.998. The van der Waals surface area contributed by atoms with Crippen molar-refractivity contribution in [2.45, 2.75) is 38.8 Å². The highest BCUT2D eigenvalue weighted by atomic mass is 32.1. The molecule has 3 heterocycles. The van der Waals surface area contributed by atoms with Crippen molar-refractivity contribution in [2.75, 3.05) is 13.2 Å². The van der Waals surface area contributed by atoms with Crippen LogP contribution in [0.2, 0.25) is 0 Å². The van der Waals surface area contributed by atoms with Gasteiger partial charge in [0.1, 0.15) is 16.0 Å². The molecule has 7 heteroatoms. The maximum absolute atomic E-state index is 12.8. The van der Waals surface area contributed by atoms with E-state index in [0.29, 0.717) is 11.5 Å². The molecule has 0 radical (unpaired) electrons. The van der Waals surface area contributed by atoms with E-state index in [9.17, 15) is 4.79 Å². The minimum Gasteiger partial charge on any atom is -0.372 e. The normalized spacial score (nSPS) is 19.5. The molecule has 22 heavy (non-hydrogen) atoms. The minimum atomic E-state index is -0.0708. The predicted molar refractivity (Wildman–Crippen MR) is 83.8 cm³/mol. The van der Waals surface area contributed by atoms with Gasteiger partial charge < -0.3 is 9.64 Å². The quantitative estimate of drug-likeness (QED) is 0.919. The number of nitrogens with zero attached hydrogens (tertiary/aromatic N) is 3. The smallest absolute Gasteiger partial charge is 0.266 e. The Balaban J connectivity index is 1.76. The van der Waals surface area contributed by atoms with Crippen molar-refractivity contribution in [3.63, 3.8) is 0 Å². The number of carbonyl (C=O) groups is 1. The Morgan fingerprint density at radius 1 is 1.64 bits per heavy atom. The molecule has 0 aromatic carbocycles. The molecule has 1 saturated heterocycles. The molecular formula is C15H20N4O2S. The number of thiazole rings is 1. The first-order chi connectivity index (χ1) is 10.7. The van der Waals surface area contributed by atoms with E-state index in [-0.39, 0.29) is 18.1 Å². The number of aromatic nitrogens is 3. The zero-order chi connectivity index (χ0) is 15.5. The van der Waals surface area contributed by atoms with E-state index in [0.717, 1.165) is 30.1 Å². The molecule has 6 nitrogen and oxygen atoms in total. The van der Waals surface area contributed by atoms with Gasteiger partial charge in [0.25, 0.3) is 5.91 Å². The highest BCUT2D eigenvalue weighted by molar-refractivity contribution is 7.13. The molecule has 0 spiro atoms. The fourth-order valence-electron chi connectivity index (χ4n) is 2.82. The van der Waals surface area contributed by atoms with Crippen LogP contribution in [-0.4, -0.2) is 39.1 Å². The summed E-state index contributed by atoms with van der Waals surface area (Å²) in [6.07, 6.45) is 5.30. The van der Waals surface area contributed by atoms with Gasteiger partial charge in [0.15, 0.2) is 0 Å². The molecule has 0 bridgehead atoms. The van der Waals surface area contributed by atoms with Crippen molar-refractivity contribution in [3.8, 4) is 0 Å². The standard InChI is InChI=1S/C15H20N4O2S/c1-3-21-10(2)14-16-9-13(22-14)15(20)19-8-4-5-12(19)11-6-7-17-18-11/h6-7,9-10,12H,3-5,8H2,1-2H3,(H,17,18). The number of hydrogen-bond acceptors (Lipinski definition) is 5. The molecule has 2 aromatic rings. The van der Waals surface area contributed by atoms with E-state index < -0.39 is 0 Å². The van der Waals surface area contributed by atoms with E-state index >= 15 is 0 Å². The van der Waals surface area contributed by atoms with E-state index in [2.05, 4.69) is 15.2 Å². The summed E-state index contributed by atoms with van der Waals surface area (Å²) in [6, 6.07) is 2.02. The van der Waals surface area contributed by atoms with Gasteiger partial charge in [0.05, 0.1) is 17.9 Å². The van der Waals surface area contributed by atoms with Crippen LogP contribution >= 0.6 is 11.3 Å². The van der Waals surface area contributed by atoms with E-state index in [1.165, 1.54) is 11.3 Å². The SMILES string of the molecule is CCOC(C)c1ncc(C(=O)N2CCCC2c2ccn[nH]2)s1. The number of aromatic amines is 1. The number of hydrogen-bond donors (Lipinski definition) is 1. The molecule has 2 atom stereocenters. The third-order valence-corrected chi connectivity index (χ3v) is 5.04. The summed E-state index contributed by atoms with van der Waals surface area (Å²) in [5.74, 6) is 0.0459. The Bertz CT molecular complexity index is 625. The van der Waals surface area contributed by atoms with Gasteiger partial charge in [-0.2, -0.15) is 5.10 Å². The van der Waals surface area contributed by atoms with Gasteiger partial charge >= 0.3 is 0 Å². The average Bonchev–Trinajstić information content (AvgIpc) is 3.25. The molecule has 0 saturated carbocycles. The van der Waals surface area contributed by atoms with Crippen LogP contribution in [-0.2, 0) is 4.74 Å². The van der Waals surface area contributed by atoms with Crippen molar-refractivity contribution < 1.29 is 9.53 Å². The summed E-state index contributed by atoms with van der Waals surface area (Å²) in [5, 5.41) is 7.82. The summed E-state index contributed by atoms with van der Waals surface area (Å²) >= 11 is 1.42. The Labute approximate surface area is 133 Å². The van der Waals surface area contributed by atoms with Crippen LogP contribution in [0.15, 0.2) is 18.5 Å². The number of carbonyl (C=O) groups excluding carboxylic acids is 1. The number of likely N-dealkylation sites (tertiary alicyclic amines) is 1. The molecular weight excluding hydrogens is 300 g/mol. The van der Waals surface area contributed by atoms with Crippen LogP contribution < -0.4 is 0 Å². The monoisotopic (exact) mass is 320 g/mol. The Hall–Kier alpha value is -1.73. The van der Waals surface area contributed by atoms with E-state index in [4.69, 9.17) is 4.74 Å². The zero-order valence-corrected chi connectivity index (χ0v) is 13.6. The molecule has 118 valence electrons. The van der Waals surface area contributed by atoms with Gasteiger partial charge in [-0.05, 0) is 32.8 Å². The van der Waals surface area contributed by atoms with Crippen molar-refractivity contribution in [3.05, 3.63) is 34.0 Å². The summed E-state index contributed by atoms with van der Waals surface area (Å²) in [4.78, 5) is 19.7. The summed E-state index contributed by atoms with van der Waals surface area (Å²) < 4.78 is 5.54. The molecule has 3 rings (SSSR count). The first-order valence-corrected chi connectivity index (χ1v) is 8.40. The fourth-order valence-corrected chi connectivity index (χ4v) is 3.70. The van der Waals surface area contributed by atoms with Gasteiger partial charge in [0, 0.05) is 19.3 Å². The Kier molecular flexibility index (Phi) is 4.54. The molecule has 1 N–H and O–H groups in total. The maximum Gasteiger partial charge on any atom is 0.266 e. The summed E-state index contributed by atoms with van der Waals surface area (Å²) in [6.45, 7) is 5.32. The lowest BCUT2D eigenvalue weighted by Crippen LogP contribution is -2.30. The maximum atomic E-state index is 12.8. The van der Waals surface area contributed by atoms with Gasteiger partial charge in [-0.1, -0.05) is 0 Å². The van der Waals surface area contributed by atoms with Crippen LogP contribution in [0.5, 0.6) is 0 Å². The van der Waals surface area contributed by atoms with Crippen LogP contribution in [0.4, 0.5) is 0 Å². The van der Waals surface area contributed by atoms with Crippen LogP contribution in [0.1, 0.15) is 59.2 Å². The lowest BCUT2D eigenvalue weighted by molar-refractivity contribution is 0.0737. The van der Waals surface area contributed by atoms with Crippen molar-refractivity contribution in [1.29, 1.82) is 0 Å². The molecule has 0 aliphatic carbocycles. The van der Waals surface area contributed by atoms with E-state index in [1.807, 2.05) is 24.8 Å². The number of rotatable bonds is 5.